The largest absolute Gasteiger partial charge is 0.493 e. The molecule has 20 heteroatoms. The highest BCUT2D eigenvalue weighted by atomic mass is 16.7. The molecular weight excluding hydrogens is 969 g/mol. The Bertz CT molecular complexity index is 2150. The van der Waals surface area contributed by atoms with Crippen molar-refractivity contribution in [3.8, 4) is 23.0 Å². The number of methoxy groups -OCH3 is 4. The van der Waals surface area contributed by atoms with E-state index in [1.54, 1.807) is 62.8 Å². The number of hydrogen-bond acceptors (Lipinski definition) is 20. The van der Waals surface area contributed by atoms with E-state index in [0.717, 1.165) is 0 Å². The van der Waals surface area contributed by atoms with Crippen molar-refractivity contribution >= 4 is 23.7 Å². The van der Waals surface area contributed by atoms with E-state index in [0.29, 0.717) is 79.1 Å². The van der Waals surface area contributed by atoms with Crippen LogP contribution in [-0.2, 0) is 52.2 Å². The fourth-order valence-corrected chi connectivity index (χ4v) is 10.4. The molecule has 7 rings (SSSR count). The molecule has 1 aliphatic carbocycles. The first kappa shape index (κ1) is 57.6. The van der Waals surface area contributed by atoms with Crippen molar-refractivity contribution in [1.29, 1.82) is 0 Å². The number of carbonyl (C=O) groups is 2. The molecule has 4 saturated heterocycles. The van der Waals surface area contributed by atoms with Crippen LogP contribution in [0.15, 0.2) is 48.6 Å². The lowest BCUT2D eigenvalue weighted by molar-refractivity contribution is -0.294. The number of benzene rings is 2. The van der Waals surface area contributed by atoms with Crippen LogP contribution in [0.25, 0.3) is 12.2 Å². The van der Waals surface area contributed by atoms with Crippen LogP contribution in [0.4, 0.5) is 0 Å². The van der Waals surface area contributed by atoms with Gasteiger partial charge >= 0.3 is 0 Å². The van der Waals surface area contributed by atoms with Gasteiger partial charge < -0.3 is 87.1 Å². The van der Waals surface area contributed by atoms with Gasteiger partial charge in [0.25, 0.3) is 0 Å². The molecule has 5 N–H and O–H groups in total. The Hall–Kier alpha value is -4.10. The van der Waals surface area contributed by atoms with E-state index in [4.69, 9.17) is 61.6 Å². The van der Waals surface area contributed by atoms with Gasteiger partial charge in [-0.2, -0.15) is 0 Å². The fraction of sp³-hybridized carbons (Fsp3) is 0.667. The highest BCUT2D eigenvalue weighted by Gasteiger charge is 2.46. The van der Waals surface area contributed by atoms with Crippen molar-refractivity contribution in [1.82, 2.24) is 0 Å². The minimum atomic E-state index is -0.844. The normalized spacial score (nSPS) is 34.9. The summed E-state index contributed by atoms with van der Waals surface area (Å²) in [5.74, 6) is 0.829. The second kappa shape index (κ2) is 27.8. The summed E-state index contributed by atoms with van der Waals surface area (Å²) in [6, 6.07) is 10.3. The minimum absolute atomic E-state index is 0.0724. The van der Waals surface area contributed by atoms with Gasteiger partial charge in [0, 0.05) is 59.2 Å². The quantitative estimate of drug-likeness (QED) is 0.0777. The predicted octanol–water partition coefficient (Wildman–Crippen LogP) is 4.05. The Balaban J connectivity index is 0.884. The molecule has 2 aromatic rings. The van der Waals surface area contributed by atoms with Crippen molar-refractivity contribution in [2.45, 2.75) is 176 Å². The third-order valence-corrected chi connectivity index (χ3v) is 14.0. The standard InChI is InChI=1S/C54H76O20/c1-30-15-47(54(65-6)52(61)53(30)64-5)67-37-16-31(2)66-49(24-37)73-43-13-9-32(17-45(43)62-3)7-11-34(58)19-35(59)12-8-33-10-14-44(46(18-33)63-4)74-51-26-39(23-42(29-57)72-51)69-50-25-38(22-41(28-56)71-50)68-48-21-36(60)20-40(27-55)70-48/h7-14,17-18,30-31,36-42,47-57,60-61H,15-16,19-29H2,1-6H3/b11-7+,12-8+/t30-,31+,36-,37-,38-,39-,40-,41-,42-,47+,48+,49-,50+,51-,52-,53+,54-/m0/s1. The topological polar surface area (TPSA) is 255 Å². The maximum Gasteiger partial charge on any atom is 0.202 e. The first-order valence-corrected chi connectivity index (χ1v) is 25.6. The maximum atomic E-state index is 12.9. The molecule has 0 radical (unpaired) electrons. The van der Waals surface area contributed by atoms with E-state index in [2.05, 4.69) is 0 Å². The zero-order valence-electron chi connectivity index (χ0n) is 43.1. The van der Waals surface area contributed by atoms with Gasteiger partial charge in [-0.25, -0.2) is 0 Å². The van der Waals surface area contributed by atoms with Crippen LogP contribution in [0.1, 0.15) is 89.2 Å². The number of rotatable bonds is 23. The summed E-state index contributed by atoms with van der Waals surface area (Å²) in [5, 5.41) is 50.9. The van der Waals surface area contributed by atoms with Crippen LogP contribution in [0.3, 0.4) is 0 Å². The monoisotopic (exact) mass is 1040 g/mol. The molecule has 74 heavy (non-hydrogen) atoms. The number of aliphatic hydroxyl groups excluding tert-OH is 5. The summed E-state index contributed by atoms with van der Waals surface area (Å²) in [6.07, 6.45) is 0.483. The summed E-state index contributed by atoms with van der Waals surface area (Å²) in [4.78, 5) is 25.9. The molecule has 0 amide bonds. The molecule has 5 aliphatic rings. The number of aliphatic hydroxyl groups is 5. The lowest BCUT2D eigenvalue weighted by atomic mass is 9.81. The minimum Gasteiger partial charge on any atom is -0.493 e. The summed E-state index contributed by atoms with van der Waals surface area (Å²) in [7, 11) is 6.15. The van der Waals surface area contributed by atoms with Gasteiger partial charge in [0.15, 0.2) is 47.1 Å². The van der Waals surface area contributed by atoms with E-state index >= 15 is 0 Å². The van der Waals surface area contributed by atoms with E-state index < -0.39 is 85.6 Å². The maximum absolute atomic E-state index is 12.9. The molecule has 4 aliphatic heterocycles. The number of carbonyl (C=O) groups excluding carboxylic acids is 2. The summed E-state index contributed by atoms with van der Waals surface area (Å²) in [5.41, 5.74) is 1.26. The average molecular weight is 1050 g/mol. The molecular formula is C54H76O20. The van der Waals surface area contributed by atoms with Crippen molar-refractivity contribution in [2.75, 3.05) is 48.3 Å². The van der Waals surface area contributed by atoms with Crippen molar-refractivity contribution in [3.63, 3.8) is 0 Å². The fourth-order valence-electron chi connectivity index (χ4n) is 10.4. The Morgan fingerprint density at radius 2 is 1.03 bits per heavy atom. The zero-order chi connectivity index (χ0) is 52.9. The molecule has 412 valence electrons. The van der Waals surface area contributed by atoms with Gasteiger partial charge in [0.05, 0.1) is 102 Å². The lowest BCUT2D eigenvalue weighted by Crippen LogP contribution is -2.56. The Morgan fingerprint density at radius 1 is 0.554 bits per heavy atom. The molecule has 0 unspecified atom stereocenters. The molecule has 1 saturated carbocycles. The molecule has 5 fully saturated rings. The highest BCUT2D eigenvalue weighted by Crippen LogP contribution is 2.38. The Morgan fingerprint density at radius 3 is 1.54 bits per heavy atom. The third kappa shape index (κ3) is 16.0. The molecule has 20 nitrogen and oxygen atoms in total. The number of hydrogen-bond donors (Lipinski definition) is 5. The van der Waals surface area contributed by atoms with Crippen LogP contribution >= 0.6 is 0 Å². The summed E-state index contributed by atoms with van der Waals surface area (Å²) < 4.78 is 78.1. The van der Waals surface area contributed by atoms with Crippen molar-refractivity contribution < 1.29 is 96.7 Å². The number of allylic oxidation sites excluding steroid dienone is 2. The van der Waals surface area contributed by atoms with Crippen LogP contribution in [-0.4, -0.2) is 184 Å². The predicted molar refractivity (Wildman–Crippen MR) is 264 cm³/mol. The molecule has 0 aromatic heterocycles. The second-order valence-corrected chi connectivity index (χ2v) is 19.8. The van der Waals surface area contributed by atoms with Crippen LogP contribution < -0.4 is 18.9 Å². The number of ketones is 2. The van der Waals surface area contributed by atoms with Crippen LogP contribution in [0, 0.1) is 5.92 Å². The van der Waals surface area contributed by atoms with Crippen LogP contribution in [0.5, 0.6) is 23.0 Å². The Kier molecular flexibility index (Phi) is 21.6. The smallest absolute Gasteiger partial charge is 0.202 e. The first-order chi connectivity index (χ1) is 35.7. The Labute approximate surface area is 432 Å². The first-order valence-electron chi connectivity index (χ1n) is 25.6. The van der Waals surface area contributed by atoms with Crippen LogP contribution in [0.2, 0.25) is 0 Å². The van der Waals surface area contributed by atoms with Gasteiger partial charge in [-0.3, -0.25) is 9.59 Å². The van der Waals surface area contributed by atoms with Gasteiger partial charge in [0.2, 0.25) is 12.6 Å². The summed E-state index contributed by atoms with van der Waals surface area (Å²) in [6.45, 7) is 3.20. The van der Waals surface area contributed by atoms with Gasteiger partial charge in [-0.15, -0.1) is 0 Å². The second-order valence-electron chi connectivity index (χ2n) is 19.8. The molecule has 0 bridgehead atoms. The number of ether oxygens (including phenoxy) is 13. The van der Waals surface area contributed by atoms with Gasteiger partial charge in [-0.1, -0.05) is 31.2 Å². The third-order valence-electron chi connectivity index (χ3n) is 14.0. The molecule has 2 aromatic carbocycles. The molecule has 0 spiro atoms. The molecule has 17 atom stereocenters. The highest BCUT2D eigenvalue weighted by molar-refractivity contribution is 6.10. The summed E-state index contributed by atoms with van der Waals surface area (Å²) >= 11 is 0. The zero-order valence-corrected chi connectivity index (χ0v) is 43.1. The van der Waals surface area contributed by atoms with E-state index in [-0.39, 0.29) is 69.4 Å². The lowest BCUT2D eigenvalue weighted by Gasteiger charge is -2.44. The van der Waals surface area contributed by atoms with E-state index in [1.807, 2.05) is 13.8 Å². The van der Waals surface area contributed by atoms with Crippen molar-refractivity contribution in [3.05, 3.63) is 59.7 Å². The van der Waals surface area contributed by atoms with Gasteiger partial charge in [-0.05, 0) is 73.2 Å². The van der Waals surface area contributed by atoms with Gasteiger partial charge in [0.1, 0.15) is 12.2 Å². The van der Waals surface area contributed by atoms with E-state index in [9.17, 15) is 35.1 Å². The SMILES string of the molecule is COc1cc(/C=C/C(=O)CC(=O)/C=C/c2ccc(O[C@H]3C[C@@H](O[C@@H]4C[C@H](C)[C@@H](OC)[C@H](O)[C@H]4OC)C[C@@H](C)O3)c(OC)c2)ccc1O[C@H]1C[C@@H](O[C@H]2C[C@@H](O[C@H]3C[C@@H](O)C[C@@H](CO)O3)C[C@@H](CO)O2)C[C@@H](CO)O1. The van der Waals surface area contributed by atoms with Crippen molar-refractivity contribution in [2.24, 2.45) is 5.92 Å². The average Bonchev–Trinajstić information content (AvgIpc) is 3.37. The molecule has 4 heterocycles. The van der Waals surface area contributed by atoms with E-state index in [1.165, 1.54) is 26.4 Å².